The number of rotatable bonds is 5. The van der Waals surface area contributed by atoms with E-state index in [0.717, 1.165) is 42.3 Å². The van der Waals surface area contributed by atoms with Crippen LogP contribution in [-0.2, 0) is 0 Å². The summed E-state index contributed by atoms with van der Waals surface area (Å²) in [5.41, 5.74) is 2.90. The molecule has 0 saturated carbocycles. The van der Waals surface area contributed by atoms with Crippen molar-refractivity contribution in [2.24, 2.45) is 0 Å². The van der Waals surface area contributed by atoms with E-state index >= 15 is 0 Å². The minimum atomic E-state index is 0.185. The molecular formula is C17H23N5O. The highest BCUT2D eigenvalue weighted by Gasteiger charge is 2.26. The van der Waals surface area contributed by atoms with Crippen molar-refractivity contribution < 1.29 is 5.11 Å². The minimum Gasteiger partial charge on any atom is -0.395 e. The average Bonchev–Trinajstić information content (AvgIpc) is 2.95. The Hall–Kier alpha value is -2.05. The Balaban J connectivity index is 1.79. The molecule has 0 unspecified atom stereocenters. The van der Waals surface area contributed by atoms with Crippen molar-refractivity contribution in [1.29, 1.82) is 0 Å². The van der Waals surface area contributed by atoms with Crippen LogP contribution in [0.4, 0.5) is 11.8 Å². The summed E-state index contributed by atoms with van der Waals surface area (Å²) in [6.45, 7) is 5.81. The molecule has 122 valence electrons. The Morgan fingerprint density at radius 3 is 2.74 bits per heavy atom. The first-order valence-corrected chi connectivity index (χ1v) is 8.07. The number of nitrogens with one attached hydrogen (secondary N) is 1. The Morgan fingerprint density at radius 2 is 2.00 bits per heavy atom. The Morgan fingerprint density at radius 1 is 1.22 bits per heavy atom. The van der Waals surface area contributed by atoms with Gasteiger partial charge in [-0.05, 0) is 51.4 Å². The molecule has 0 radical (unpaired) electrons. The molecule has 0 aromatic carbocycles. The topological polar surface area (TPSA) is 74.2 Å². The highest BCUT2D eigenvalue weighted by molar-refractivity contribution is 5.48. The molecule has 0 amide bonds. The molecule has 2 aromatic heterocycles. The Kier molecular flexibility index (Phi) is 4.83. The van der Waals surface area contributed by atoms with E-state index in [1.807, 2.05) is 38.1 Å². The van der Waals surface area contributed by atoms with Crippen molar-refractivity contribution in [1.82, 2.24) is 19.9 Å². The van der Waals surface area contributed by atoms with Crippen LogP contribution in [0.2, 0.25) is 0 Å². The molecule has 1 saturated heterocycles. The van der Waals surface area contributed by atoms with E-state index in [4.69, 9.17) is 4.98 Å². The lowest BCUT2D eigenvalue weighted by molar-refractivity contribution is 0.184. The molecule has 6 heteroatoms. The molecule has 1 aliphatic rings. The van der Waals surface area contributed by atoms with Gasteiger partial charge in [-0.25, -0.2) is 15.0 Å². The molecule has 0 aliphatic carbocycles. The van der Waals surface area contributed by atoms with Crippen LogP contribution in [-0.4, -0.2) is 44.7 Å². The van der Waals surface area contributed by atoms with E-state index in [2.05, 4.69) is 20.2 Å². The number of pyridine rings is 1. The van der Waals surface area contributed by atoms with E-state index in [1.165, 1.54) is 0 Å². The summed E-state index contributed by atoms with van der Waals surface area (Å²) in [6.07, 6.45) is 2.22. The number of anilines is 2. The van der Waals surface area contributed by atoms with Gasteiger partial charge in [0.25, 0.3) is 0 Å². The molecule has 1 fully saturated rings. The standard InChI is InChI=1S/C17H23N5O/c1-12-11-13(2)19-17(18-12)21-16-7-3-5-14(20-16)15-6-4-8-22(15)9-10-23/h3,5,7,11,15,23H,4,6,8-10H2,1-2H3,(H,18,19,20,21)/t15-/m1/s1. The van der Waals surface area contributed by atoms with Crippen LogP contribution in [0.5, 0.6) is 0 Å². The zero-order chi connectivity index (χ0) is 16.2. The van der Waals surface area contributed by atoms with E-state index < -0.39 is 0 Å². The number of aliphatic hydroxyl groups excluding tert-OH is 1. The Labute approximate surface area is 136 Å². The van der Waals surface area contributed by atoms with Gasteiger partial charge in [0.2, 0.25) is 5.95 Å². The lowest BCUT2D eigenvalue weighted by Crippen LogP contribution is -2.27. The number of likely N-dealkylation sites (tertiary alicyclic amines) is 1. The second-order valence-electron chi connectivity index (χ2n) is 5.96. The van der Waals surface area contributed by atoms with Gasteiger partial charge < -0.3 is 10.4 Å². The molecular weight excluding hydrogens is 290 g/mol. The van der Waals surface area contributed by atoms with Gasteiger partial charge in [-0.2, -0.15) is 0 Å². The van der Waals surface area contributed by atoms with E-state index in [9.17, 15) is 5.11 Å². The largest absolute Gasteiger partial charge is 0.395 e. The number of aromatic nitrogens is 3. The first-order chi connectivity index (χ1) is 11.2. The first-order valence-electron chi connectivity index (χ1n) is 8.07. The number of hydrogen-bond acceptors (Lipinski definition) is 6. The molecule has 1 aliphatic heterocycles. The molecule has 2 N–H and O–H groups in total. The fraction of sp³-hybridized carbons (Fsp3) is 0.471. The number of β-amino-alcohol motifs (C(OH)–C–C–N with tert-alkyl or cyclic N) is 1. The van der Waals surface area contributed by atoms with Gasteiger partial charge in [-0.3, -0.25) is 4.90 Å². The fourth-order valence-corrected chi connectivity index (χ4v) is 3.16. The number of aryl methyl sites for hydroxylation is 2. The third-order valence-electron chi connectivity index (χ3n) is 4.09. The van der Waals surface area contributed by atoms with Crippen molar-refractivity contribution in [2.45, 2.75) is 32.7 Å². The molecule has 0 spiro atoms. The van der Waals surface area contributed by atoms with Crippen LogP contribution < -0.4 is 5.32 Å². The van der Waals surface area contributed by atoms with Crippen molar-refractivity contribution >= 4 is 11.8 Å². The van der Waals surface area contributed by atoms with Gasteiger partial charge in [0.05, 0.1) is 18.3 Å². The van der Waals surface area contributed by atoms with Gasteiger partial charge in [0.1, 0.15) is 5.82 Å². The monoisotopic (exact) mass is 313 g/mol. The van der Waals surface area contributed by atoms with Gasteiger partial charge in [-0.1, -0.05) is 6.07 Å². The van der Waals surface area contributed by atoms with Crippen LogP contribution in [0.25, 0.3) is 0 Å². The SMILES string of the molecule is Cc1cc(C)nc(Nc2cccc([C@H]3CCCN3CCO)n2)n1. The number of hydrogen-bond donors (Lipinski definition) is 2. The zero-order valence-corrected chi connectivity index (χ0v) is 13.7. The minimum absolute atomic E-state index is 0.185. The predicted molar refractivity (Wildman–Crippen MR) is 89.7 cm³/mol. The summed E-state index contributed by atoms with van der Waals surface area (Å²) in [4.78, 5) is 15.8. The maximum atomic E-state index is 9.20. The Bertz CT molecular complexity index is 656. The van der Waals surface area contributed by atoms with Crippen LogP contribution in [0.3, 0.4) is 0 Å². The van der Waals surface area contributed by atoms with Crippen molar-refractivity contribution in [3.05, 3.63) is 41.3 Å². The highest BCUT2D eigenvalue weighted by atomic mass is 16.3. The van der Waals surface area contributed by atoms with Gasteiger partial charge in [0, 0.05) is 17.9 Å². The normalized spacial score (nSPS) is 18.3. The second kappa shape index (κ2) is 7.02. The molecule has 3 rings (SSSR count). The number of aliphatic hydroxyl groups is 1. The average molecular weight is 313 g/mol. The van der Waals surface area contributed by atoms with E-state index in [0.29, 0.717) is 12.5 Å². The summed E-state index contributed by atoms with van der Waals surface area (Å²) in [5, 5.41) is 12.4. The zero-order valence-electron chi connectivity index (χ0n) is 13.7. The lowest BCUT2D eigenvalue weighted by atomic mass is 10.1. The van der Waals surface area contributed by atoms with E-state index in [1.54, 1.807) is 0 Å². The molecule has 0 bridgehead atoms. The summed E-state index contributed by atoms with van der Waals surface area (Å²) in [6, 6.07) is 8.20. The van der Waals surface area contributed by atoms with Crippen LogP contribution in [0.15, 0.2) is 24.3 Å². The van der Waals surface area contributed by atoms with Crippen molar-refractivity contribution in [2.75, 3.05) is 25.0 Å². The van der Waals surface area contributed by atoms with Crippen LogP contribution in [0.1, 0.15) is 36.0 Å². The van der Waals surface area contributed by atoms with E-state index in [-0.39, 0.29) is 12.6 Å². The molecule has 23 heavy (non-hydrogen) atoms. The van der Waals surface area contributed by atoms with Crippen LogP contribution in [0, 0.1) is 13.8 Å². The molecule has 6 nitrogen and oxygen atoms in total. The first kappa shape index (κ1) is 15.8. The summed E-state index contributed by atoms with van der Waals surface area (Å²) >= 11 is 0. The predicted octanol–water partition coefficient (Wildman–Crippen LogP) is 2.36. The second-order valence-corrected chi connectivity index (χ2v) is 5.96. The van der Waals surface area contributed by atoms with Crippen LogP contribution >= 0.6 is 0 Å². The smallest absolute Gasteiger partial charge is 0.228 e. The molecule has 2 aromatic rings. The number of nitrogens with zero attached hydrogens (tertiary/aromatic N) is 4. The van der Waals surface area contributed by atoms with Gasteiger partial charge in [0.15, 0.2) is 0 Å². The maximum absolute atomic E-state index is 9.20. The fourth-order valence-electron chi connectivity index (χ4n) is 3.16. The molecule has 1 atom stereocenters. The summed E-state index contributed by atoms with van der Waals surface area (Å²) < 4.78 is 0. The van der Waals surface area contributed by atoms with Crippen molar-refractivity contribution in [3.63, 3.8) is 0 Å². The highest BCUT2D eigenvalue weighted by Crippen LogP contribution is 2.31. The third-order valence-corrected chi connectivity index (χ3v) is 4.09. The lowest BCUT2D eigenvalue weighted by Gasteiger charge is -2.23. The van der Waals surface area contributed by atoms with Gasteiger partial charge >= 0.3 is 0 Å². The maximum Gasteiger partial charge on any atom is 0.228 e. The summed E-state index contributed by atoms with van der Waals surface area (Å²) in [7, 11) is 0. The molecule has 3 heterocycles. The van der Waals surface area contributed by atoms with Crippen molar-refractivity contribution in [3.8, 4) is 0 Å². The third kappa shape index (κ3) is 3.83. The van der Waals surface area contributed by atoms with Gasteiger partial charge in [-0.15, -0.1) is 0 Å². The summed E-state index contributed by atoms with van der Waals surface area (Å²) in [5.74, 6) is 1.33. The quantitative estimate of drug-likeness (QED) is 0.883.